The van der Waals surface area contributed by atoms with Gasteiger partial charge in [0.25, 0.3) is 0 Å². The van der Waals surface area contributed by atoms with Gasteiger partial charge in [-0.2, -0.15) is 0 Å². The number of ether oxygens (including phenoxy) is 2. The fourth-order valence-corrected chi connectivity index (χ4v) is 2.55. The van der Waals surface area contributed by atoms with E-state index in [4.69, 9.17) is 13.9 Å². The summed E-state index contributed by atoms with van der Waals surface area (Å²) in [6.07, 6.45) is 4.45. The molecular formula is C19H15N3O4. The quantitative estimate of drug-likeness (QED) is 0.726. The number of carbonyl (C=O) groups excluding carboxylic acids is 1. The second kappa shape index (κ2) is 6.72. The van der Waals surface area contributed by atoms with Crippen LogP contribution < -0.4 is 14.8 Å². The van der Waals surface area contributed by atoms with Crippen molar-refractivity contribution < 1.29 is 18.7 Å². The van der Waals surface area contributed by atoms with Gasteiger partial charge < -0.3 is 19.2 Å². The third-order valence-electron chi connectivity index (χ3n) is 3.93. The fourth-order valence-electron chi connectivity index (χ4n) is 2.55. The number of nitrogens with one attached hydrogen (secondary N) is 1. The zero-order chi connectivity index (χ0) is 17.9. The molecule has 1 aliphatic heterocycles. The van der Waals surface area contributed by atoms with Crippen molar-refractivity contribution in [2.75, 3.05) is 12.1 Å². The number of anilines is 1. The Morgan fingerprint density at radius 3 is 2.88 bits per heavy atom. The molecule has 130 valence electrons. The first-order valence-electron chi connectivity index (χ1n) is 7.95. The molecule has 0 aliphatic carbocycles. The molecule has 1 aliphatic rings. The molecule has 0 bridgehead atoms. The molecule has 0 spiro atoms. The summed E-state index contributed by atoms with van der Waals surface area (Å²) in [5.74, 6) is 1.54. The first-order valence-corrected chi connectivity index (χ1v) is 7.95. The Morgan fingerprint density at radius 2 is 2.04 bits per heavy atom. The van der Waals surface area contributed by atoms with Crippen molar-refractivity contribution in [1.82, 2.24) is 10.2 Å². The third-order valence-corrected chi connectivity index (χ3v) is 3.93. The highest BCUT2D eigenvalue weighted by molar-refractivity contribution is 6.02. The van der Waals surface area contributed by atoms with Crippen molar-refractivity contribution in [3.8, 4) is 23.0 Å². The number of carbonyl (C=O) groups is 1. The van der Waals surface area contributed by atoms with Crippen LogP contribution in [-0.4, -0.2) is 22.9 Å². The number of aryl methyl sites for hydroxylation is 1. The normalized spacial score (nSPS) is 12.5. The fraction of sp³-hybridized carbons (Fsp3) is 0.105. The van der Waals surface area contributed by atoms with Gasteiger partial charge in [-0.25, -0.2) is 0 Å². The van der Waals surface area contributed by atoms with Gasteiger partial charge in [-0.3, -0.25) is 4.79 Å². The van der Waals surface area contributed by atoms with E-state index in [9.17, 15) is 4.79 Å². The second-order valence-electron chi connectivity index (χ2n) is 5.71. The lowest BCUT2D eigenvalue weighted by Gasteiger charge is -2.07. The summed E-state index contributed by atoms with van der Waals surface area (Å²) in [6, 6.07) is 11.1. The van der Waals surface area contributed by atoms with Gasteiger partial charge in [0.2, 0.25) is 25.0 Å². The van der Waals surface area contributed by atoms with Gasteiger partial charge in [0.1, 0.15) is 0 Å². The predicted molar refractivity (Wildman–Crippen MR) is 94.7 cm³/mol. The topological polar surface area (TPSA) is 86.5 Å². The SMILES string of the molecule is Cc1ccc(-c2nnco2)cc1NC(=O)/C=C\c1ccc2c(c1)OCO2. The summed E-state index contributed by atoms with van der Waals surface area (Å²) < 4.78 is 15.8. The number of nitrogens with zero attached hydrogens (tertiary/aromatic N) is 2. The molecule has 0 saturated heterocycles. The van der Waals surface area contributed by atoms with E-state index in [1.54, 1.807) is 12.1 Å². The maximum absolute atomic E-state index is 12.3. The number of aromatic nitrogens is 2. The van der Waals surface area contributed by atoms with Gasteiger partial charge >= 0.3 is 0 Å². The molecule has 0 saturated carbocycles. The third kappa shape index (κ3) is 3.27. The minimum absolute atomic E-state index is 0.221. The maximum Gasteiger partial charge on any atom is 0.248 e. The van der Waals surface area contributed by atoms with Gasteiger partial charge in [0.15, 0.2) is 11.5 Å². The molecule has 1 amide bonds. The summed E-state index contributed by atoms with van der Waals surface area (Å²) in [6.45, 7) is 2.13. The first-order chi connectivity index (χ1) is 12.7. The van der Waals surface area contributed by atoms with E-state index >= 15 is 0 Å². The molecule has 2 aromatic carbocycles. The van der Waals surface area contributed by atoms with Crippen LogP contribution in [0.2, 0.25) is 0 Å². The lowest BCUT2D eigenvalue weighted by Crippen LogP contribution is -2.09. The van der Waals surface area contributed by atoms with E-state index in [0.29, 0.717) is 23.1 Å². The van der Waals surface area contributed by atoms with Gasteiger partial charge in [0.05, 0.1) is 0 Å². The summed E-state index contributed by atoms with van der Waals surface area (Å²) in [5, 5.41) is 10.4. The monoisotopic (exact) mass is 349 g/mol. The largest absolute Gasteiger partial charge is 0.454 e. The summed E-state index contributed by atoms with van der Waals surface area (Å²) in [5.41, 5.74) is 3.20. The lowest BCUT2D eigenvalue weighted by atomic mass is 10.1. The summed E-state index contributed by atoms with van der Waals surface area (Å²) >= 11 is 0. The van der Waals surface area contributed by atoms with Crippen molar-refractivity contribution >= 4 is 17.7 Å². The van der Waals surface area contributed by atoms with Crippen molar-refractivity contribution in [3.63, 3.8) is 0 Å². The number of rotatable bonds is 4. The van der Waals surface area contributed by atoms with Crippen LogP contribution in [0.4, 0.5) is 5.69 Å². The predicted octanol–water partition coefficient (Wildman–Crippen LogP) is 3.43. The van der Waals surface area contributed by atoms with Crippen LogP contribution in [0.15, 0.2) is 53.3 Å². The smallest absolute Gasteiger partial charge is 0.248 e. The molecule has 7 heteroatoms. The first kappa shape index (κ1) is 15.9. The van der Waals surface area contributed by atoms with Crippen LogP contribution in [0.1, 0.15) is 11.1 Å². The van der Waals surface area contributed by atoms with Crippen LogP contribution in [0, 0.1) is 6.92 Å². The number of hydrogen-bond donors (Lipinski definition) is 1. The average molecular weight is 349 g/mol. The minimum atomic E-state index is -0.242. The molecule has 1 aromatic heterocycles. The Balaban J connectivity index is 1.49. The van der Waals surface area contributed by atoms with E-state index in [0.717, 1.165) is 16.7 Å². The molecule has 2 heterocycles. The molecule has 0 radical (unpaired) electrons. The van der Waals surface area contributed by atoms with E-state index in [1.165, 1.54) is 12.5 Å². The van der Waals surface area contributed by atoms with E-state index in [-0.39, 0.29) is 12.7 Å². The molecule has 7 nitrogen and oxygen atoms in total. The van der Waals surface area contributed by atoms with Crippen molar-refractivity contribution in [2.45, 2.75) is 6.92 Å². The average Bonchev–Trinajstić information content (AvgIpc) is 3.33. The number of benzene rings is 2. The molecule has 0 atom stereocenters. The minimum Gasteiger partial charge on any atom is -0.454 e. The Hall–Kier alpha value is -3.61. The van der Waals surface area contributed by atoms with Crippen LogP contribution in [0.3, 0.4) is 0 Å². The molecule has 3 aromatic rings. The Morgan fingerprint density at radius 1 is 1.15 bits per heavy atom. The zero-order valence-corrected chi connectivity index (χ0v) is 13.9. The van der Waals surface area contributed by atoms with Crippen LogP contribution in [-0.2, 0) is 4.79 Å². The second-order valence-corrected chi connectivity index (χ2v) is 5.71. The van der Waals surface area contributed by atoms with Gasteiger partial charge in [-0.05, 0) is 48.4 Å². The van der Waals surface area contributed by atoms with Gasteiger partial charge in [-0.1, -0.05) is 12.1 Å². The number of fused-ring (bicyclic) bond motifs is 1. The highest BCUT2D eigenvalue weighted by Gasteiger charge is 2.12. The van der Waals surface area contributed by atoms with E-state index < -0.39 is 0 Å². The lowest BCUT2D eigenvalue weighted by molar-refractivity contribution is -0.111. The highest BCUT2D eigenvalue weighted by atomic mass is 16.7. The molecule has 0 unspecified atom stereocenters. The molecule has 0 fully saturated rings. The van der Waals surface area contributed by atoms with Gasteiger partial charge in [0, 0.05) is 17.3 Å². The van der Waals surface area contributed by atoms with Crippen molar-refractivity contribution in [3.05, 3.63) is 60.0 Å². The van der Waals surface area contributed by atoms with Gasteiger partial charge in [-0.15, -0.1) is 10.2 Å². The van der Waals surface area contributed by atoms with Crippen molar-refractivity contribution in [1.29, 1.82) is 0 Å². The summed E-state index contributed by atoms with van der Waals surface area (Å²) in [7, 11) is 0. The number of amides is 1. The van der Waals surface area contributed by atoms with E-state index in [2.05, 4.69) is 15.5 Å². The molecule has 1 N–H and O–H groups in total. The molecule has 4 rings (SSSR count). The Labute approximate surface area is 149 Å². The Kier molecular flexibility index (Phi) is 4.10. The van der Waals surface area contributed by atoms with E-state index in [1.807, 2.05) is 37.3 Å². The van der Waals surface area contributed by atoms with Crippen LogP contribution >= 0.6 is 0 Å². The Bertz CT molecular complexity index is 980. The summed E-state index contributed by atoms with van der Waals surface area (Å²) in [4.78, 5) is 12.3. The molecular weight excluding hydrogens is 334 g/mol. The maximum atomic E-state index is 12.3. The zero-order valence-electron chi connectivity index (χ0n) is 13.9. The number of hydrogen-bond acceptors (Lipinski definition) is 6. The van der Waals surface area contributed by atoms with Crippen LogP contribution in [0.25, 0.3) is 17.5 Å². The van der Waals surface area contributed by atoms with Crippen molar-refractivity contribution in [2.24, 2.45) is 0 Å². The van der Waals surface area contributed by atoms with Crippen LogP contribution in [0.5, 0.6) is 11.5 Å². The molecule has 26 heavy (non-hydrogen) atoms. The highest BCUT2D eigenvalue weighted by Crippen LogP contribution is 2.32. The standard InChI is InChI=1S/C19H15N3O4/c1-12-2-5-14(19-22-20-10-24-19)9-15(12)21-18(23)7-4-13-3-6-16-17(8-13)26-11-25-16/h2-10H,11H2,1H3,(H,21,23)/b7-4-.